The van der Waals surface area contributed by atoms with Crippen LogP contribution in [0.3, 0.4) is 0 Å². The molecule has 0 saturated heterocycles. The quantitative estimate of drug-likeness (QED) is 0.359. The molecule has 148 valence electrons. The SMILES string of the molecule is CCC(C)(C)c1ccc(Oc2ccc(/C=C(/C(=O)O)c3ccccc3)cc2)cc1. The van der Waals surface area contributed by atoms with Crippen LogP contribution in [0.4, 0.5) is 0 Å². The van der Waals surface area contributed by atoms with Crippen LogP contribution in [-0.4, -0.2) is 11.1 Å². The summed E-state index contributed by atoms with van der Waals surface area (Å²) in [6.07, 6.45) is 2.74. The Labute approximate surface area is 172 Å². The van der Waals surface area contributed by atoms with E-state index in [1.807, 2.05) is 54.6 Å². The number of aliphatic carboxylic acids is 1. The smallest absolute Gasteiger partial charge is 0.336 e. The molecular weight excluding hydrogens is 360 g/mol. The lowest BCUT2D eigenvalue weighted by molar-refractivity contribution is -0.130. The second kappa shape index (κ2) is 8.78. The van der Waals surface area contributed by atoms with Crippen LogP contribution in [0.5, 0.6) is 11.5 Å². The van der Waals surface area contributed by atoms with Crippen molar-refractivity contribution in [3.63, 3.8) is 0 Å². The number of carboxylic acid groups (broad SMARTS) is 1. The number of hydrogen-bond donors (Lipinski definition) is 1. The highest BCUT2D eigenvalue weighted by Gasteiger charge is 2.17. The molecule has 0 saturated carbocycles. The van der Waals surface area contributed by atoms with Gasteiger partial charge in [0.1, 0.15) is 11.5 Å². The van der Waals surface area contributed by atoms with Gasteiger partial charge in [0.15, 0.2) is 0 Å². The molecule has 0 aliphatic carbocycles. The van der Waals surface area contributed by atoms with E-state index in [1.165, 1.54) is 5.56 Å². The first-order valence-corrected chi connectivity index (χ1v) is 9.78. The number of hydrogen-bond acceptors (Lipinski definition) is 2. The molecule has 3 rings (SSSR count). The predicted molar refractivity (Wildman–Crippen MR) is 118 cm³/mol. The summed E-state index contributed by atoms with van der Waals surface area (Å²) in [7, 11) is 0. The zero-order chi connectivity index (χ0) is 20.9. The zero-order valence-corrected chi connectivity index (χ0v) is 17.1. The topological polar surface area (TPSA) is 46.5 Å². The van der Waals surface area contributed by atoms with Crippen LogP contribution >= 0.6 is 0 Å². The Bertz CT molecular complexity index is 982. The number of rotatable bonds is 7. The maximum atomic E-state index is 11.6. The summed E-state index contributed by atoms with van der Waals surface area (Å²) in [4.78, 5) is 11.6. The van der Waals surface area contributed by atoms with Crippen LogP contribution < -0.4 is 4.74 Å². The molecule has 0 aliphatic heterocycles. The molecule has 0 fully saturated rings. The van der Waals surface area contributed by atoms with E-state index in [2.05, 4.69) is 32.9 Å². The van der Waals surface area contributed by atoms with Gasteiger partial charge in [0.05, 0.1) is 5.57 Å². The van der Waals surface area contributed by atoms with Crippen LogP contribution in [0.25, 0.3) is 11.6 Å². The van der Waals surface area contributed by atoms with E-state index in [0.29, 0.717) is 11.3 Å². The third kappa shape index (κ3) is 5.14. The minimum atomic E-state index is -0.952. The summed E-state index contributed by atoms with van der Waals surface area (Å²) in [6, 6.07) is 24.7. The molecule has 3 aromatic rings. The molecule has 3 heteroatoms. The second-order valence-corrected chi connectivity index (χ2v) is 7.66. The van der Waals surface area contributed by atoms with Crippen LogP contribution in [0.2, 0.25) is 0 Å². The standard InChI is InChI=1S/C26H26O3/c1-4-26(2,3)21-12-16-23(17-13-21)29-22-14-10-19(11-15-22)18-24(25(27)28)20-8-6-5-7-9-20/h5-18H,4H2,1-3H3,(H,27,28)/b24-18+. The van der Waals surface area contributed by atoms with E-state index in [0.717, 1.165) is 17.7 Å². The predicted octanol–water partition coefficient (Wildman–Crippen LogP) is 6.79. The molecule has 0 spiro atoms. The minimum absolute atomic E-state index is 0.146. The fourth-order valence-electron chi connectivity index (χ4n) is 3.00. The molecule has 0 aromatic heterocycles. The van der Waals surface area contributed by atoms with Crippen molar-refractivity contribution in [1.82, 2.24) is 0 Å². The van der Waals surface area contributed by atoms with Crippen molar-refractivity contribution < 1.29 is 14.6 Å². The largest absolute Gasteiger partial charge is 0.478 e. The lowest BCUT2D eigenvalue weighted by Crippen LogP contribution is -2.14. The highest BCUT2D eigenvalue weighted by Crippen LogP contribution is 2.30. The van der Waals surface area contributed by atoms with Gasteiger partial charge in [0, 0.05) is 0 Å². The fourth-order valence-corrected chi connectivity index (χ4v) is 3.00. The van der Waals surface area contributed by atoms with Gasteiger partial charge in [-0.15, -0.1) is 0 Å². The minimum Gasteiger partial charge on any atom is -0.478 e. The fraction of sp³-hybridized carbons (Fsp3) is 0.192. The lowest BCUT2D eigenvalue weighted by Gasteiger charge is -2.23. The Kier molecular flexibility index (Phi) is 6.18. The van der Waals surface area contributed by atoms with Crippen LogP contribution in [0, 0.1) is 0 Å². The molecule has 0 aliphatic rings. The summed E-state index contributed by atoms with van der Waals surface area (Å²) >= 11 is 0. The van der Waals surface area contributed by atoms with Gasteiger partial charge in [-0.05, 0) is 58.9 Å². The molecule has 0 amide bonds. The van der Waals surface area contributed by atoms with E-state index >= 15 is 0 Å². The Morgan fingerprint density at radius 1 is 0.897 bits per heavy atom. The third-order valence-electron chi connectivity index (χ3n) is 5.26. The van der Waals surface area contributed by atoms with Crippen molar-refractivity contribution >= 4 is 17.6 Å². The highest BCUT2D eigenvalue weighted by atomic mass is 16.5. The molecule has 0 atom stereocenters. The molecular formula is C26H26O3. The summed E-state index contributed by atoms with van der Waals surface area (Å²) in [6.45, 7) is 6.65. The summed E-state index contributed by atoms with van der Waals surface area (Å²) in [5.74, 6) is 0.535. The molecule has 0 bridgehead atoms. The molecule has 0 radical (unpaired) electrons. The van der Waals surface area contributed by atoms with Crippen LogP contribution in [0.1, 0.15) is 43.9 Å². The molecule has 3 aromatic carbocycles. The first kappa shape index (κ1) is 20.4. The van der Waals surface area contributed by atoms with Crippen LogP contribution in [-0.2, 0) is 10.2 Å². The van der Waals surface area contributed by atoms with Gasteiger partial charge in [-0.3, -0.25) is 0 Å². The van der Waals surface area contributed by atoms with Crippen molar-refractivity contribution in [1.29, 1.82) is 0 Å². The summed E-state index contributed by atoms with van der Waals surface area (Å²) in [5, 5.41) is 9.54. The van der Waals surface area contributed by atoms with E-state index in [1.54, 1.807) is 18.2 Å². The Morgan fingerprint density at radius 2 is 1.45 bits per heavy atom. The summed E-state index contributed by atoms with van der Waals surface area (Å²) in [5.41, 5.74) is 3.17. The van der Waals surface area contributed by atoms with E-state index in [9.17, 15) is 9.90 Å². The molecule has 1 N–H and O–H groups in total. The van der Waals surface area contributed by atoms with Crippen molar-refractivity contribution in [2.75, 3.05) is 0 Å². The average molecular weight is 386 g/mol. The molecule has 0 heterocycles. The van der Waals surface area contributed by atoms with Crippen molar-refractivity contribution in [2.45, 2.75) is 32.6 Å². The maximum Gasteiger partial charge on any atom is 0.336 e. The maximum absolute atomic E-state index is 11.6. The second-order valence-electron chi connectivity index (χ2n) is 7.66. The molecule has 3 nitrogen and oxygen atoms in total. The lowest BCUT2D eigenvalue weighted by atomic mass is 9.82. The van der Waals surface area contributed by atoms with Gasteiger partial charge in [-0.2, -0.15) is 0 Å². The van der Waals surface area contributed by atoms with Gasteiger partial charge < -0.3 is 9.84 Å². The highest BCUT2D eigenvalue weighted by molar-refractivity contribution is 6.20. The van der Waals surface area contributed by atoms with Crippen molar-refractivity contribution in [3.05, 3.63) is 95.6 Å². The Hall–Kier alpha value is -3.33. The monoisotopic (exact) mass is 386 g/mol. The first-order chi connectivity index (χ1) is 13.9. The molecule has 0 unspecified atom stereocenters. The normalized spacial score (nSPS) is 11.9. The number of ether oxygens (including phenoxy) is 1. The molecule has 29 heavy (non-hydrogen) atoms. The van der Waals surface area contributed by atoms with E-state index < -0.39 is 5.97 Å². The Morgan fingerprint density at radius 3 is 1.97 bits per heavy atom. The van der Waals surface area contributed by atoms with E-state index in [-0.39, 0.29) is 11.0 Å². The van der Waals surface area contributed by atoms with E-state index in [4.69, 9.17) is 4.74 Å². The Balaban J connectivity index is 1.76. The van der Waals surface area contributed by atoms with Crippen LogP contribution in [0.15, 0.2) is 78.9 Å². The average Bonchev–Trinajstić information content (AvgIpc) is 2.74. The third-order valence-corrected chi connectivity index (χ3v) is 5.26. The van der Waals surface area contributed by atoms with Gasteiger partial charge >= 0.3 is 5.97 Å². The summed E-state index contributed by atoms with van der Waals surface area (Å²) < 4.78 is 5.93. The van der Waals surface area contributed by atoms with Gasteiger partial charge in [0.25, 0.3) is 0 Å². The van der Waals surface area contributed by atoms with Gasteiger partial charge in [-0.1, -0.05) is 75.4 Å². The van der Waals surface area contributed by atoms with Crippen molar-refractivity contribution in [3.8, 4) is 11.5 Å². The van der Waals surface area contributed by atoms with Gasteiger partial charge in [0.2, 0.25) is 0 Å². The van der Waals surface area contributed by atoms with Crippen molar-refractivity contribution in [2.24, 2.45) is 0 Å². The number of benzene rings is 3. The number of carboxylic acids is 1. The first-order valence-electron chi connectivity index (χ1n) is 9.78. The van der Waals surface area contributed by atoms with Gasteiger partial charge in [-0.25, -0.2) is 4.79 Å². The zero-order valence-electron chi connectivity index (χ0n) is 17.1. The number of carbonyl (C=O) groups is 1.